The number of hydrogen-bond acceptors (Lipinski definition) is 1. The standard InChI is InChI=1S/C11H20O/c1-8(2)11(12)7-10-5-4-9(3)6-10/h8-10H,4-7H2,1-3H3. The third-order valence-electron chi connectivity index (χ3n) is 2.94. The van der Waals surface area contributed by atoms with Gasteiger partial charge in [0.25, 0.3) is 0 Å². The van der Waals surface area contributed by atoms with Gasteiger partial charge < -0.3 is 0 Å². The second kappa shape index (κ2) is 4.06. The fourth-order valence-electron chi connectivity index (χ4n) is 2.03. The van der Waals surface area contributed by atoms with E-state index in [4.69, 9.17) is 0 Å². The van der Waals surface area contributed by atoms with Crippen LogP contribution in [0.1, 0.15) is 46.5 Å². The van der Waals surface area contributed by atoms with Crippen molar-refractivity contribution in [3.05, 3.63) is 0 Å². The average Bonchev–Trinajstić information content (AvgIpc) is 2.35. The summed E-state index contributed by atoms with van der Waals surface area (Å²) in [6.07, 6.45) is 4.72. The van der Waals surface area contributed by atoms with Gasteiger partial charge in [0, 0.05) is 12.3 Å². The summed E-state index contributed by atoms with van der Waals surface area (Å²) in [6, 6.07) is 0. The predicted octanol–water partition coefficient (Wildman–Crippen LogP) is 3.04. The summed E-state index contributed by atoms with van der Waals surface area (Å²) in [6.45, 7) is 6.29. The number of rotatable bonds is 3. The van der Waals surface area contributed by atoms with E-state index in [9.17, 15) is 4.79 Å². The molecule has 0 amide bonds. The lowest BCUT2D eigenvalue weighted by Crippen LogP contribution is -2.11. The molecule has 2 atom stereocenters. The number of carbonyl (C=O) groups excluding carboxylic acids is 1. The van der Waals surface area contributed by atoms with Crippen LogP contribution in [-0.4, -0.2) is 5.78 Å². The van der Waals surface area contributed by atoms with Crippen LogP contribution in [0.2, 0.25) is 0 Å². The molecule has 1 aliphatic rings. The van der Waals surface area contributed by atoms with Crippen molar-refractivity contribution in [2.45, 2.75) is 46.5 Å². The van der Waals surface area contributed by atoms with E-state index in [1.54, 1.807) is 0 Å². The minimum atomic E-state index is 0.237. The van der Waals surface area contributed by atoms with Crippen LogP contribution in [0.15, 0.2) is 0 Å². The van der Waals surface area contributed by atoms with E-state index < -0.39 is 0 Å². The zero-order valence-electron chi connectivity index (χ0n) is 8.47. The maximum Gasteiger partial charge on any atom is 0.135 e. The zero-order valence-corrected chi connectivity index (χ0v) is 8.47. The average molecular weight is 168 g/mol. The molecular weight excluding hydrogens is 148 g/mol. The molecule has 0 N–H and O–H groups in total. The van der Waals surface area contributed by atoms with E-state index in [-0.39, 0.29) is 5.92 Å². The molecule has 0 spiro atoms. The summed E-state index contributed by atoms with van der Waals surface area (Å²) >= 11 is 0. The van der Waals surface area contributed by atoms with Crippen LogP contribution in [0, 0.1) is 17.8 Å². The van der Waals surface area contributed by atoms with Crippen molar-refractivity contribution in [3.63, 3.8) is 0 Å². The Balaban J connectivity index is 2.28. The molecule has 0 heterocycles. The number of carbonyl (C=O) groups is 1. The molecule has 0 aliphatic heterocycles. The van der Waals surface area contributed by atoms with E-state index in [2.05, 4.69) is 6.92 Å². The van der Waals surface area contributed by atoms with Crippen LogP contribution in [-0.2, 0) is 4.79 Å². The molecule has 0 aromatic heterocycles. The lowest BCUT2D eigenvalue weighted by atomic mass is 9.95. The first-order valence-corrected chi connectivity index (χ1v) is 5.12. The molecule has 1 aliphatic carbocycles. The van der Waals surface area contributed by atoms with Gasteiger partial charge in [-0.1, -0.05) is 27.2 Å². The topological polar surface area (TPSA) is 17.1 Å². The highest BCUT2D eigenvalue weighted by atomic mass is 16.1. The normalized spacial score (nSPS) is 29.7. The van der Waals surface area contributed by atoms with Gasteiger partial charge in [0.15, 0.2) is 0 Å². The Morgan fingerprint density at radius 1 is 1.42 bits per heavy atom. The summed E-state index contributed by atoms with van der Waals surface area (Å²) in [7, 11) is 0. The summed E-state index contributed by atoms with van der Waals surface area (Å²) in [5, 5.41) is 0. The first kappa shape index (κ1) is 9.76. The molecule has 1 saturated carbocycles. The molecule has 12 heavy (non-hydrogen) atoms. The Morgan fingerprint density at radius 3 is 2.50 bits per heavy atom. The van der Waals surface area contributed by atoms with Crippen LogP contribution < -0.4 is 0 Å². The lowest BCUT2D eigenvalue weighted by molar-refractivity contribution is -0.122. The van der Waals surface area contributed by atoms with Crippen molar-refractivity contribution < 1.29 is 4.79 Å². The maximum atomic E-state index is 11.4. The Labute approximate surface area is 75.5 Å². The van der Waals surface area contributed by atoms with E-state index in [0.717, 1.165) is 12.3 Å². The molecule has 0 bridgehead atoms. The summed E-state index contributed by atoms with van der Waals surface area (Å²) < 4.78 is 0. The van der Waals surface area contributed by atoms with Gasteiger partial charge in [0.05, 0.1) is 0 Å². The monoisotopic (exact) mass is 168 g/mol. The van der Waals surface area contributed by atoms with Crippen LogP contribution >= 0.6 is 0 Å². The summed E-state index contributed by atoms with van der Waals surface area (Å²) in [5.41, 5.74) is 0. The van der Waals surface area contributed by atoms with E-state index in [1.807, 2.05) is 13.8 Å². The molecule has 1 fully saturated rings. The number of hydrogen-bond donors (Lipinski definition) is 0. The maximum absolute atomic E-state index is 11.4. The van der Waals surface area contributed by atoms with Gasteiger partial charge in [-0.2, -0.15) is 0 Å². The van der Waals surface area contributed by atoms with Gasteiger partial charge in [-0.05, 0) is 24.7 Å². The molecule has 1 nitrogen and oxygen atoms in total. The second-order valence-electron chi connectivity index (χ2n) is 4.61. The Morgan fingerprint density at radius 2 is 2.08 bits per heavy atom. The highest BCUT2D eigenvalue weighted by Gasteiger charge is 2.24. The van der Waals surface area contributed by atoms with Crippen molar-refractivity contribution in [2.24, 2.45) is 17.8 Å². The molecular formula is C11H20O. The third-order valence-corrected chi connectivity index (χ3v) is 2.94. The quantitative estimate of drug-likeness (QED) is 0.633. The van der Waals surface area contributed by atoms with Crippen LogP contribution in [0.4, 0.5) is 0 Å². The van der Waals surface area contributed by atoms with Crippen molar-refractivity contribution >= 4 is 5.78 Å². The predicted molar refractivity (Wildman–Crippen MR) is 51.0 cm³/mol. The lowest BCUT2D eigenvalue weighted by Gasteiger charge is -2.09. The first-order valence-electron chi connectivity index (χ1n) is 5.12. The minimum absolute atomic E-state index is 0.237. The molecule has 0 aromatic carbocycles. The van der Waals surface area contributed by atoms with Gasteiger partial charge in [-0.15, -0.1) is 0 Å². The van der Waals surface area contributed by atoms with Crippen molar-refractivity contribution in [1.82, 2.24) is 0 Å². The Hall–Kier alpha value is -0.330. The van der Waals surface area contributed by atoms with Crippen LogP contribution in [0.5, 0.6) is 0 Å². The molecule has 70 valence electrons. The van der Waals surface area contributed by atoms with E-state index in [1.165, 1.54) is 19.3 Å². The highest BCUT2D eigenvalue weighted by molar-refractivity contribution is 5.80. The molecule has 0 radical (unpaired) electrons. The molecule has 0 aromatic rings. The van der Waals surface area contributed by atoms with E-state index in [0.29, 0.717) is 11.7 Å². The van der Waals surface area contributed by atoms with Gasteiger partial charge >= 0.3 is 0 Å². The van der Waals surface area contributed by atoms with Gasteiger partial charge in [0.2, 0.25) is 0 Å². The van der Waals surface area contributed by atoms with Gasteiger partial charge in [-0.25, -0.2) is 0 Å². The van der Waals surface area contributed by atoms with Crippen molar-refractivity contribution in [1.29, 1.82) is 0 Å². The van der Waals surface area contributed by atoms with Crippen LogP contribution in [0.3, 0.4) is 0 Å². The summed E-state index contributed by atoms with van der Waals surface area (Å²) in [4.78, 5) is 11.4. The smallest absolute Gasteiger partial charge is 0.135 e. The first-order chi connectivity index (χ1) is 5.59. The minimum Gasteiger partial charge on any atom is -0.299 e. The SMILES string of the molecule is CC1CCC(CC(=O)C(C)C)C1. The summed E-state index contributed by atoms with van der Waals surface area (Å²) in [5.74, 6) is 2.25. The fraction of sp³-hybridized carbons (Fsp3) is 0.909. The second-order valence-corrected chi connectivity index (χ2v) is 4.61. The van der Waals surface area contributed by atoms with Crippen LogP contribution in [0.25, 0.3) is 0 Å². The largest absolute Gasteiger partial charge is 0.299 e. The Kier molecular flexibility index (Phi) is 3.30. The third kappa shape index (κ3) is 2.62. The molecule has 1 heteroatoms. The van der Waals surface area contributed by atoms with Crippen molar-refractivity contribution in [2.75, 3.05) is 0 Å². The zero-order chi connectivity index (χ0) is 9.14. The highest BCUT2D eigenvalue weighted by Crippen LogP contribution is 2.33. The Bertz CT molecular complexity index is 160. The van der Waals surface area contributed by atoms with Gasteiger partial charge in [-0.3, -0.25) is 4.79 Å². The molecule has 2 unspecified atom stereocenters. The van der Waals surface area contributed by atoms with E-state index >= 15 is 0 Å². The fourth-order valence-corrected chi connectivity index (χ4v) is 2.03. The number of ketones is 1. The molecule has 1 rings (SSSR count). The molecule has 0 saturated heterocycles. The number of Topliss-reactive ketones (excluding diaryl/α,β-unsaturated/α-hetero) is 1. The van der Waals surface area contributed by atoms with Crippen molar-refractivity contribution in [3.8, 4) is 0 Å². The van der Waals surface area contributed by atoms with Gasteiger partial charge in [0.1, 0.15) is 5.78 Å².